The molecule has 214 valence electrons. The molecule has 3 aromatic rings. The SMILES string of the molecule is COC(=O)[C@H](Cc1ccc(Oc2ccnc3c2c(C=O)cn3COCC[Si+](C)C)c(F)c1)NC(=O)OC(C)(C)C. The first-order valence-corrected chi connectivity index (χ1v) is 15.5. The summed E-state index contributed by atoms with van der Waals surface area (Å²) >= 11 is 0. The van der Waals surface area contributed by atoms with E-state index in [1.807, 2.05) is 0 Å². The van der Waals surface area contributed by atoms with E-state index >= 15 is 4.39 Å². The quantitative estimate of drug-likeness (QED) is 0.138. The van der Waals surface area contributed by atoms with Gasteiger partial charge in [-0.2, -0.15) is 0 Å². The predicted molar refractivity (Wildman–Crippen MR) is 149 cm³/mol. The Balaban J connectivity index is 1.80. The molecule has 1 atom stereocenters. The molecule has 12 heteroatoms. The summed E-state index contributed by atoms with van der Waals surface area (Å²) in [5.41, 5.74) is 0.463. The first-order chi connectivity index (χ1) is 18.9. The number of amides is 1. The number of carbonyl (C=O) groups is 3. The molecule has 1 aromatic carbocycles. The molecular weight excluding hydrogens is 537 g/mol. The minimum Gasteiger partial charge on any atom is -0.467 e. The van der Waals surface area contributed by atoms with Crippen molar-refractivity contribution in [1.29, 1.82) is 0 Å². The maximum Gasteiger partial charge on any atom is 0.408 e. The molecule has 2 aromatic heterocycles. The summed E-state index contributed by atoms with van der Waals surface area (Å²) in [6, 6.07) is 5.64. The molecule has 1 amide bonds. The molecule has 0 bridgehead atoms. The fourth-order valence-corrected chi connectivity index (χ4v) is 4.37. The second-order valence-electron chi connectivity index (χ2n) is 10.5. The van der Waals surface area contributed by atoms with Crippen molar-refractivity contribution < 1.29 is 37.7 Å². The fourth-order valence-electron chi connectivity index (χ4n) is 3.82. The van der Waals surface area contributed by atoms with E-state index < -0.39 is 38.3 Å². The highest BCUT2D eigenvalue weighted by molar-refractivity contribution is 6.55. The van der Waals surface area contributed by atoms with Crippen LogP contribution in [-0.4, -0.2) is 62.1 Å². The standard InChI is InChI=1S/C28H34FN3O7Si/c1-28(2,3)39-27(35)31-21(26(34)36-4)14-18-7-8-22(20(29)13-18)38-23-9-10-30-25-24(23)19(16-33)15-32(25)17-37-11-12-40(5)6/h7-10,13,15-16,21H,11-12,14,17H2,1-6H3/p+1/t21-/m0/s1. The van der Waals surface area contributed by atoms with Gasteiger partial charge >= 0.3 is 20.9 Å². The molecule has 0 aliphatic rings. The van der Waals surface area contributed by atoms with Crippen LogP contribution in [0.15, 0.2) is 36.7 Å². The molecule has 0 aliphatic carbocycles. The largest absolute Gasteiger partial charge is 0.467 e. The number of nitrogens with one attached hydrogen (secondary N) is 1. The number of hydrogen-bond acceptors (Lipinski definition) is 8. The number of benzene rings is 1. The molecule has 0 saturated heterocycles. The number of aromatic nitrogens is 2. The van der Waals surface area contributed by atoms with Gasteiger partial charge in [-0.25, -0.2) is 19.0 Å². The van der Waals surface area contributed by atoms with Gasteiger partial charge in [0.1, 0.15) is 29.8 Å². The number of methoxy groups -OCH3 is 1. The molecular formula is C28H35FN3O7Si+. The first kappa shape index (κ1) is 30.8. The average Bonchev–Trinajstić information content (AvgIpc) is 3.24. The lowest BCUT2D eigenvalue weighted by molar-refractivity contribution is -0.143. The van der Waals surface area contributed by atoms with Crippen molar-refractivity contribution in [1.82, 2.24) is 14.9 Å². The minimum atomic E-state index is -1.09. The van der Waals surface area contributed by atoms with Gasteiger partial charge < -0.3 is 28.8 Å². The van der Waals surface area contributed by atoms with Gasteiger partial charge in [0.25, 0.3) is 0 Å². The van der Waals surface area contributed by atoms with E-state index in [1.165, 1.54) is 25.4 Å². The molecule has 2 heterocycles. The maximum atomic E-state index is 15.2. The Labute approximate surface area is 234 Å². The lowest BCUT2D eigenvalue weighted by atomic mass is 10.1. The second kappa shape index (κ2) is 13.5. The monoisotopic (exact) mass is 572 g/mol. The van der Waals surface area contributed by atoms with Crippen LogP contribution in [-0.2, 0) is 32.2 Å². The third kappa shape index (κ3) is 8.36. The highest BCUT2D eigenvalue weighted by Gasteiger charge is 2.26. The van der Waals surface area contributed by atoms with Gasteiger partial charge in [0.15, 0.2) is 17.9 Å². The van der Waals surface area contributed by atoms with Crippen LogP contribution in [0.3, 0.4) is 0 Å². The highest BCUT2D eigenvalue weighted by Crippen LogP contribution is 2.33. The van der Waals surface area contributed by atoms with Gasteiger partial charge in [0.05, 0.1) is 38.2 Å². The molecule has 0 fully saturated rings. The van der Waals surface area contributed by atoms with E-state index in [-0.39, 0.29) is 24.7 Å². The number of halogens is 1. The number of hydrogen-bond donors (Lipinski definition) is 1. The summed E-state index contributed by atoms with van der Waals surface area (Å²) in [6.45, 7) is 10.3. The van der Waals surface area contributed by atoms with E-state index in [2.05, 4.69) is 23.4 Å². The Morgan fingerprint density at radius 3 is 2.58 bits per heavy atom. The molecule has 3 rings (SSSR count). The Bertz CT molecular complexity index is 1350. The van der Waals surface area contributed by atoms with Crippen molar-refractivity contribution in [2.45, 2.75) is 64.7 Å². The van der Waals surface area contributed by atoms with Crippen LogP contribution in [0, 0.1) is 5.82 Å². The summed E-state index contributed by atoms with van der Waals surface area (Å²) in [6.07, 6.45) is 2.99. The zero-order valence-electron chi connectivity index (χ0n) is 23.6. The summed E-state index contributed by atoms with van der Waals surface area (Å²) in [7, 11) is 0.783. The first-order valence-electron chi connectivity index (χ1n) is 12.7. The van der Waals surface area contributed by atoms with Gasteiger partial charge in [0.2, 0.25) is 0 Å². The number of aldehydes is 1. The van der Waals surface area contributed by atoms with Crippen molar-refractivity contribution in [2.24, 2.45) is 0 Å². The van der Waals surface area contributed by atoms with E-state index in [4.69, 9.17) is 18.9 Å². The van der Waals surface area contributed by atoms with Crippen LogP contribution in [0.25, 0.3) is 11.0 Å². The number of alkyl carbamates (subject to hydrolysis) is 1. The van der Waals surface area contributed by atoms with Crippen molar-refractivity contribution in [2.75, 3.05) is 13.7 Å². The predicted octanol–water partition coefficient (Wildman–Crippen LogP) is 5.12. The van der Waals surface area contributed by atoms with E-state index in [1.54, 1.807) is 43.7 Å². The molecule has 0 aliphatic heterocycles. The Morgan fingerprint density at radius 1 is 1.20 bits per heavy atom. The number of pyridine rings is 1. The second-order valence-corrected chi connectivity index (χ2v) is 13.4. The number of carbonyl (C=O) groups excluding carboxylic acids is 3. The number of nitrogens with zero attached hydrogens (tertiary/aromatic N) is 2. The Morgan fingerprint density at radius 2 is 1.95 bits per heavy atom. The molecule has 0 saturated carbocycles. The maximum absolute atomic E-state index is 15.2. The molecule has 0 radical (unpaired) electrons. The van der Waals surface area contributed by atoms with Crippen LogP contribution in [0.4, 0.5) is 9.18 Å². The highest BCUT2D eigenvalue weighted by atomic mass is 28.3. The molecule has 40 heavy (non-hydrogen) atoms. The van der Waals surface area contributed by atoms with Crippen molar-refractivity contribution in [3.8, 4) is 11.5 Å². The topological polar surface area (TPSA) is 118 Å². The number of esters is 1. The average molecular weight is 573 g/mol. The molecule has 0 spiro atoms. The van der Waals surface area contributed by atoms with Gasteiger partial charge in [-0.15, -0.1) is 0 Å². The fraction of sp³-hybridized carbons (Fsp3) is 0.429. The molecule has 1 N–H and O–H groups in total. The van der Waals surface area contributed by atoms with Gasteiger partial charge in [0, 0.05) is 24.4 Å². The molecule has 0 unspecified atom stereocenters. The van der Waals surface area contributed by atoms with Crippen molar-refractivity contribution >= 4 is 38.2 Å². The smallest absolute Gasteiger partial charge is 0.408 e. The van der Waals surface area contributed by atoms with Crippen LogP contribution < -0.4 is 10.1 Å². The van der Waals surface area contributed by atoms with E-state index in [0.29, 0.717) is 35.1 Å². The Kier molecular flexibility index (Phi) is 10.4. The lowest BCUT2D eigenvalue weighted by Crippen LogP contribution is -2.45. The number of fused-ring (bicyclic) bond motifs is 1. The zero-order chi connectivity index (χ0) is 29.4. The lowest BCUT2D eigenvalue weighted by Gasteiger charge is -2.22. The number of ether oxygens (including phenoxy) is 4. The van der Waals surface area contributed by atoms with E-state index in [0.717, 1.165) is 6.04 Å². The third-order valence-electron chi connectivity index (χ3n) is 5.68. The van der Waals surface area contributed by atoms with Crippen LogP contribution in [0.5, 0.6) is 11.5 Å². The summed E-state index contributed by atoms with van der Waals surface area (Å²) in [5.74, 6) is -1.24. The third-order valence-corrected chi connectivity index (χ3v) is 6.89. The normalized spacial score (nSPS) is 12.1. The van der Waals surface area contributed by atoms with Crippen LogP contribution in [0.2, 0.25) is 19.1 Å². The van der Waals surface area contributed by atoms with Crippen LogP contribution in [0.1, 0.15) is 36.7 Å². The van der Waals surface area contributed by atoms with Crippen LogP contribution >= 0.6 is 0 Å². The molecule has 10 nitrogen and oxygen atoms in total. The van der Waals surface area contributed by atoms with Gasteiger partial charge in [-0.1, -0.05) is 6.07 Å². The number of rotatable bonds is 12. The van der Waals surface area contributed by atoms with Crippen molar-refractivity contribution in [3.05, 3.63) is 53.6 Å². The summed E-state index contributed by atoms with van der Waals surface area (Å²) < 4.78 is 38.5. The van der Waals surface area contributed by atoms with E-state index in [9.17, 15) is 14.4 Å². The van der Waals surface area contributed by atoms with Gasteiger partial charge in [-0.3, -0.25) is 4.79 Å². The summed E-state index contributed by atoms with van der Waals surface area (Å²) in [5, 5.41) is 2.90. The Hall–Kier alpha value is -3.77. The zero-order valence-corrected chi connectivity index (χ0v) is 24.6. The van der Waals surface area contributed by atoms with Crippen molar-refractivity contribution in [3.63, 3.8) is 0 Å². The minimum absolute atomic E-state index is 0.0423. The van der Waals surface area contributed by atoms with Gasteiger partial charge in [-0.05, 0) is 44.5 Å². The summed E-state index contributed by atoms with van der Waals surface area (Å²) in [4.78, 5) is 40.6.